The summed E-state index contributed by atoms with van der Waals surface area (Å²) in [6.07, 6.45) is -0.234. The molecule has 0 radical (unpaired) electrons. The van der Waals surface area contributed by atoms with Gasteiger partial charge in [-0.15, -0.1) is 0 Å². The van der Waals surface area contributed by atoms with Gasteiger partial charge in [0, 0.05) is 11.3 Å². The molecule has 3 aromatic rings. The van der Waals surface area contributed by atoms with Crippen LogP contribution in [0.3, 0.4) is 0 Å². The van der Waals surface area contributed by atoms with Gasteiger partial charge in [-0.1, -0.05) is 36.4 Å². The minimum Gasteiger partial charge on any atom is -0.479 e. The second kappa shape index (κ2) is 7.75. The van der Waals surface area contributed by atoms with Crippen molar-refractivity contribution in [3.63, 3.8) is 0 Å². The molecule has 0 aliphatic carbocycles. The van der Waals surface area contributed by atoms with Crippen molar-refractivity contribution in [3.05, 3.63) is 65.0 Å². The fourth-order valence-electron chi connectivity index (χ4n) is 3.19. The number of carbonyl (C=O) groups excluding carboxylic acids is 1. The number of amides is 1. The Morgan fingerprint density at radius 1 is 1.14 bits per heavy atom. The molecule has 6 nitrogen and oxygen atoms in total. The second-order valence-electron chi connectivity index (χ2n) is 6.49. The highest BCUT2D eigenvalue weighted by Gasteiger charge is 2.24. The van der Waals surface area contributed by atoms with Gasteiger partial charge in [-0.3, -0.25) is 4.79 Å². The van der Waals surface area contributed by atoms with Gasteiger partial charge in [-0.2, -0.15) is 13.9 Å². The fourth-order valence-corrected chi connectivity index (χ4v) is 3.19. The first-order valence-electron chi connectivity index (χ1n) is 8.61. The number of benzene rings is 2. The summed E-state index contributed by atoms with van der Waals surface area (Å²) in [4.78, 5) is 24.2. The summed E-state index contributed by atoms with van der Waals surface area (Å²) in [7, 11) is 0. The van der Waals surface area contributed by atoms with Crippen molar-refractivity contribution in [3.8, 4) is 0 Å². The number of aliphatic carboxylic acids is 1. The molecule has 3 rings (SSSR count). The van der Waals surface area contributed by atoms with Crippen LogP contribution in [0.2, 0.25) is 0 Å². The van der Waals surface area contributed by atoms with Gasteiger partial charge in [0.15, 0.2) is 6.04 Å². The number of carbonyl (C=O) groups is 2. The summed E-state index contributed by atoms with van der Waals surface area (Å²) in [5.41, 5.74) is 1.28. The fraction of sp³-hybridized carbons (Fsp3) is 0.250. The van der Waals surface area contributed by atoms with Crippen LogP contribution in [-0.2, 0) is 16.0 Å². The average molecular weight is 387 g/mol. The number of carboxylic acids is 1. The molecule has 1 atom stereocenters. The Morgan fingerprint density at radius 3 is 2.43 bits per heavy atom. The lowest BCUT2D eigenvalue weighted by Crippen LogP contribution is -2.34. The van der Waals surface area contributed by atoms with Gasteiger partial charge < -0.3 is 10.4 Å². The van der Waals surface area contributed by atoms with Crippen molar-refractivity contribution < 1.29 is 23.5 Å². The Balaban J connectivity index is 1.83. The first-order valence-corrected chi connectivity index (χ1v) is 8.61. The van der Waals surface area contributed by atoms with E-state index in [1.807, 2.05) is 24.3 Å². The number of halogens is 2. The molecule has 1 heterocycles. The molecule has 146 valence electrons. The maximum Gasteiger partial charge on any atom is 0.333 e. The van der Waals surface area contributed by atoms with E-state index in [0.29, 0.717) is 21.5 Å². The lowest BCUT2D eigenvalue weighted by atomic mass is 10.0. The number of hydrogen-bond acceptors (Lipinski definition) is 3. The van der Waals surface area contributed by atoms with Crippen LogP contribution in [-0.4, -0.2) is 26.8 Å². The molecule has 0 aliphatic heterocycles. The number of aromatic nitrogens is 2. The predicted molar refractivity (Wildman–Crippen MR) is 99.1 cm³/mol. The maximum atomic E-state index is 12.9. The van der Waals surface area contributed by atoms with Crippen LogP contribution in [0.5, 0.6) is 0 Å². The predicted octanol–water partition coefficient (Wildman–Crippen LogP) is 3.53. The summed E-state index contributed by atoms with van der Waals surface area (Å²) in [6, 6.07) is 11.4. The van der Waals surface area contributed by atoms with E-state index < -0.39 is 24.5 Å². The van der Waals surface area contributed by atoms with Crippen molar-refractivity contribution in [1.29, 1.82) is 0 Å². The van der Waals surface area contributed by atoms with E-state index in [-0.39, 0.29) is 12.1 Å². The van der Waals surface area contributed by atoms with E-state index in [1.165, 1.54) is 13.8 Å². The summed E-state index contributed by atoms with van der Waals surface area (Å²) >= 11 is 0. The number of hydrogen-bond donors (Lipinski definition) is 2. The van der Waals surface area contributed by atoms with E-state index >= 15 is 0 Å². The van der Waals surface area contributed by atoms with Gasteiger partial charge in [-0.05, 0) is 36.2 Å². The zero-order valence-corrected chi connectivity index (χ0v) is 15.3. The molecule has 0 spiro atoms. The third-order valence-corrected chi connectivity index (χ3v) is 4.66. The van der Waals surface area contributed by atoms with Gasteiger partial charge in [0.1, 0.15) is 0 Å². The Kier molecular flexibility index (Phi) is 5.39. The number of nitrogens with zero attached hydrogens (tertiary/aromatic N) is 2. The van der Waals surface area contributed by atoms with Crippen LogP contribution >= 0.6 is 0 Å². The van der Waals surface area contributed by atoms with Crippen molar-refractivity contribution >= 4 is 22.6 Å². The number of rotatable bonds is 6. The smallest absolute Gasteiger partial charge is 0.333 e. The molecular weight excluding hydrogens is 368 g/mol. The third-order valence-electron chi connectivity index (χ3n) is 4.66. The van der Waals surface area contributed by atoms with Gasteiger partial charge >= 0.3 is 12.5 Å². The molecule has 2 aromatic carbocycles. The normalized spacial score (nSPS) is 12.3. The Bertz CT molecular complexity index is 1050. The summed E-state index contributed by atoms with van der Waals surface area (Å²) < 4.78 is 26.4. The lowest BCUT2D eigenvalue weighted by molar-refractivity contribution is -0.141. The van der Waals surface area contributed by atoms with Gasteiger partial charge in [0.2, 0.25) is 5.91 Å². The first kappa shape index (κ1) is 19.5. The number of nitrogens with one attached hydrogen (secondary N) is 1. The molecular formula is C20H19F2N3O3. The molecule has 0 bridgehead atoms. The maximum absolute atomic E-state index is 12.9. The van der Waals surface area contributed by atoms with E-state index in [4.69, 9.17) is 0 Å². The number of alkyl halides is 2. The Labute approximate surface area is 159 Å². The van der Waals surface area contributed by atoms with Gasteiger partial charge in [0.25, 0.3) is 0 Å². The minimum atomic E-state index is -2.81. The number of carboxylic acid groups (broad SMARTS) is 1. The topological polar surface area (TPSA) is 84.2 Å². The largest absolute Gasteiger partial charge is 0.479 e. The molecule has 8 heteroatoms. The molecule has 1 amide bonds. The molecule has 0 aliphatic rings. The molecule has 0 saturated carbocycles. The van der Waals surface area contributed by atoms with Crippen LogP contribution in [0.1, 0.15) is 35.1 Å². The SMILES string of the molecule is Cc1nn(C(F)F)c(C)c1CC(=O)NC(C(=O)O)c1ccc2ccccc2c1. The van der Waals surface area contributed by atoms with E-state index in [2.05, 4.69) is 10.4 Å². The highest BCUT2D eigenvalue weighted by molar-refractivity contribution is 5.88. The quantitative estimate of drug-likeness (QED) is 0.678. The number of fused-ring (bicyclic) bond motifs is 1. The van der Waals surface area contributed by atoms with E-state index in [9.17, 15) is 23.5 Å². The summed E-state index contributed by atoms with van der Waals surface area (Å²) in [5, 5.41) is 17.6. The van der Waals surface area contributed by atoms with E-state index in [1.54, 1.807) is 18.2 Å². The highest BCUT2D eigenvalue weighted by atomic mass is 19.3. The molecule has 0 fully saturated rings. The van der Waals surface area contributed by atoms with Crippen molar-refractivity contribution in [1.82, 2.24) is 15.1 Å². The average Bonchev–Trinajstić information content (AvgIpc) is 2.94. The lowest BCUT2D eigenvalue weighted by Gasteiger charge is -2.16. The van der Waals surface area contributed by atoms with Crippen molar-refractivity contribution in [2.75, 3.05) is 0 Å². The second-order valence-corrected chi connectivity index (χ2v) is 6.49. The van der Waals surface area contributed by atoms with Crippen LogP contribution < -0.4 is 5.32 Å². The number of aryl methyl sites for hydroxylation is 1. The molecule has 1 unspecified atom stereocenters. The van der Waals surface area contributed by atoms with Gasteiger partial charge in [-0.25, -0.2) is 9.48 Å². The monoisotopic (exact) mass is 387 g/mol. The van der Waals surface area contributed by atoms with Crippen molar-refractivity contribution in [2.24, 2.45) is 0 Å². The van der Waals surface area contributed by atoms with Crippen LogP contribution in [0.4, 0.5) is 8.78 Å². The Hall–Kier alpha value is -3.29. The summed E-state index contributed by atoms with van der Waals surface area (Å²) in [5.74, 6) is -1.79. The van der Waals surface area contributed by atoms with E-state index in [0.717, 1.165) is 10.8 Å². The molecule has 2 N–H and O–H groups in total. The third kappa shape index (κ3) is 3.85. The Morgan fingerprint density at radius 2 is 1.82 bits per heavy atom. The summed E-state index contributed by atoms with van der Waals surface area (Å²) in [6.45, 7) is 0.180. The standard InChI is InChI=1S/C20H19F2N3O3/c1-11-16(12(2)25(24-11)20(21)22)10-17(26)23-18(19(27)28)15-8-7-13-5-3-4-6-14(13)9-15/h3-9,18,20H,10H2,1-2H3,(H,23,26)(H,27,28). The zero-order chi connectivity index (χ0) is 20.4. The van der Waals surface area contributed by atoms with Gasteiger partial charge in [0.05, 0.1) is 12.1 Å². The molecule has 28 heavy (non-hydrogen) atoms. The van der Waals surface area contributed by atoms with Crippen LogP contribution in [0, 0.1) is 13.8 Å². The first-order chi connectivity index (χ1) is 13.3. The minimum absolute atomic E-state index is 0.181. The molecule has 0 saturated heterocycles. The molecule has 1 aromatic heterocycles. The van der Waals surface area contributed by atoms with Crippen LogP contribution in [0.15, 0.2) is 42.5 Å². The van der Waals surface area contributed by atoms with Crippen molar-refractivity contribution in [2.45, 2.75) is 32.9 Å². The highest BCUT2D eigenvalue weighted by Crippen LogP contribution is 2.22. The van der Waals surface area contributed by atoms with Crippen LogP contribution in [0.25, 0.3) is 10.8 Å². The zero-order valence-electron chi connectivity index (χ0n) is 15.3.